The van der Waals surface area contributed by atoms with E-state index in [2.05, 4.69) is 11.0 Å². The van der Waals surface area contributed by atoms with Gasteiger partial charge in [0.25, 0.3) is 0 Å². The van der Waals surface area contributed by atoms with Gasteiger partial charge in [0.2, 0.25) is 0 Å². The second-order valence-electron chi connectivity index (χ2n) is 7.02. The van der Waals surface area contributed by atoms with Gasteiger partial charge in [-0.2, -0.15) is 0 Å². The molecule has 0 spiro atoms. The highest BCUT2D eigenvalue weighted by atomic mass is 35.5. The van der Waals surface area contributed by atoms with Crippen LogP contribution < -0.4 is 4.74 Å². The average molecular weight is 355 g/mol. The van der Waals surface area contributed by atoms with E-state index >= 15 is 0 Å². The molecule has 0 saturated carbocycles. The number of halogens is 1. The van der Waals surface area contributed by atoms with Gasteiger partial charge in [-0.3, -0.25) is 4.90 Å². The number of carbonyl (C=O) groups is 1. The van der Waals surface area contributed by atoms with Crippen LogP contribution in [0.15, 0.2) is 18.2 Å². The van der Waals surface area contributed by atoms with E-state index in [0.717, 1.165) is 30.9 Å². The van der Waals surface area contributed by atoms with E-state index in [0.29, 0.717) is 19.0 Å². The number of nitrogens with zero attached hydrogens (tertiary/aromatic N) is 2. The number of rotatable bonds is 4. The third-order valence-electron chi connectivity index (χ3n) is 3.93. The Labute approximate surface area is 149 Å². The number of methoxy groups -OCH3 is 1. The summed E-state index contributed by atoms with van der Waals surface area (Å²) in [4.78, 5) is 16.2. The van der Waals surface area contributed by atoms with Gasteiger partial charge >= 0.3 is 6.09 Å². The molecule has 0 atom stereocenters. The molecular weight excluding hydrogens is 328 g/mol. The minimum absolute atomic E-state index is 0.227. The van der Waals surface area contributed by atoms with Crippen molar-refractivity contribution in [3.05, 3.63) is 29.3 Å². The van der Waals surface area contributed by atoms with E-state index in [1.165, 1.54) is 5.56 Å². The summed E-state index contributed by atoms with van der Waals surface area (Å²) in [6.45, 7) is 9.54. The van der Waals surface area contributed by atoms with Gasteiger partial charge in [-0.25, -0.2) is 4.79 Å². The lowest BCUT2D eigenvalue weighted by Gasteiger charge is -2.35. The standard InChI is InChI=1S/C18H27ClN2O3/c1-18(2,3)24-17(22)21-9-7-20(8-10-21)13-14-5-6-15(12-19)16(11-14)23-4/h5-6,11H,7-10,12-13H2,1-4H3. The molecule has 0 aromatic heterocycles. The number of ether oxygens (including phenoxy) is 2. The Kier molecular flexibility index (Phi) is 6.35. The van der Waals surface area contributed by atoms with Gasteiger partial charge in [0.05, 0.1) is 13.0 Å². The molecule has 134 valence electrons. The lowest BCUT2D eigenvalue weighted by Crippen LogP contribution is -2.49. The van der Waals surface area contributed by atoms with Crippen molar-refractivity contribution < 1.29 is 14.3 Å². The Morgan fingerprint density at radius 3 is 2.42 bits per heavy atom. The van der Waals surface area contributed by atoms with E-state index < -0.39 is 5.60 Å². The largest absolute Gasteiger partial charge is 0.496 e. The van der Waals surface area contributed by atoms with Gasteiger partial charge in [-0.15, -0.1) is 11.6 Å². The third kappa shape index (κ3) is 5.28. The lowest BCUT2D eigenvalue weighted by molar-refractivity contribution is 0.0139. The molecule has 1 amide bonds. The molecule has 0 N–H and O–H groups in total. The summed E-state index contributed by atoms with van der Waals surface area (Å²) in [6.07, 6.45) is -0.227. The molecule has 1 heterocycles. The highest BCUT2D eigenvalue weighted by Gasteiger charge is 2.25. The molecule has 24 heavy (non-hydrogen) atoms. The van der Waals surface area contributed by atoms with Crippen LogP contribution in [-0.2, 0) is 17.2 Å². The minimum atomic E-state index is -0.449. The normalized spacial score (nSPS) is 16.1. The summed E-state index contributed by atoms with van der Waals surface area (Å²) in [7, 11) is 1.66. The second-order valence-corrected chi connectivity index (χ2v) is 7.29. The quantitative estimate of drug-likeness (QED) is 0.776. The second kappa shape index (κ2) is 8.08. The third-order valence-corrected chi connectivity index (χ3v) is 4.21. The van der Waals surface area contributed by atoms with Crippen LogP contribution in [0.2, 0.25) is 0 Å². The number of alkyl halides is 1. The fraction of sp³-hybridized carbons (Fsp3) is 0.611. The predicted molar refractivity (Wildman–Crippen MR) is 95.6 cm³/mol. The van der Waals surface area contributed by atoms with Gasteiger partial charge < -0.3 is 14.4 Å². The molecule has 1 aromatic carbocycles. The Bertz CT molecular complexity index is 564. The highest BCUT2D eigenvalue weighted by molar-refractivity contribution is 6.17. The summed E-state index contributed by atoms with van der Waals surface area (Å²) in [5.41, 5.74) is 1.73. The van der Waals surface area contributed by atoms with Gasteiger partial charge in [0.1, 0.15) is 11.4 Å². The topological polar surface area (TPSA) is 42.0 Å². The number of piperazine rings is 1. The van der Waals surface area contributed by atoms with Crippen LogP contribution in [0.4, 0.5) is 4.79 Å². The van der Waals surface area contributed by atoms with Crippen LogP contribution in [0.5, 0.6) is 5.75 Å². The Morgan fingerprint density at radius 2 is 1.88 bits per heavy atom. The van der Waals surface area contributed by atoms with Crippen molar-refractivity contribution in [1.82, 2.24) is 9.80 Å². The molecule has 1 aliphatic rings. The maximum absolute atomic E-state index is 12.1. The molecule has 0 unspecified atom stereocenters. The summed E-state index contributed by atoms with van der Waals surface area (Å²) in [6, 6.07) is 6.14. The number of benzene rings is 1. The maximum atomic E-state index is 12.1. The van der Waals surface area contributed by atoms with Crippen LogP contribution in [0.3, 0.4) is 0 Å². The first-order valence-corrected chi connectivity index (χ1v) is 8.78. The van der Waals surface area contributed by atoms with Crippen molar-refractivity contribution in [2.75, 3.05) is 33.3 Å². The Balaban J connectivity index is 1.88. The summed E-state index contributed by atoms with van der Waals surface area (Å²) in [5.74, 6) is 1.27. The van der Waals surface area contributed by atoms with Crippen LogP contribution in [0.1, 0.15) is 31.9 Å². The van der Waals surface area contributed by atoms with E-state index in [4.69, 9.17) is 21.1 Å². The van der Waals surface area contributed by atoms with Crippen molar-refractivity contribution in [2.24, 2.45) is 0 Å². The summed E-state index contributed by atoms with van der Waals surface area (Å²) < 4.78 is 10.8. The SMILES string of the molecule is COc1cc(CN2CCN(C(=O)OC(C)(C)C)CC2)ccc1CCl. The molecule has 1 aliphatic heterocycles. The van der Waals surface area contributed by atoms with Gasteiger partial charge in [0, 0.05) is 38.3 Å². The highest BCUT2D eigenvalue weighted by Crippen LogP contribution is 2.23. The number of carbonyl (C=O) groups excluding carboxylic acids is 1. The summed E-state index contributed by atoms with van der Waals surface area (Å²) >= 11 is 5.91. The van der Waals surface area contributed by atoms with Crippen LogP contribution in [0.25, 0.3) is 0 Å². The molecule has 6 heteroatoms. The van der Waals surface area contributed by atoms with Crippen molar-refractivity contribution in [2.45, 2.75) is 38.8 Å². The van der Waals surface area contributed by atoms with Crippen molar-refractivity contribution in [1.29, 1.82) is 0 Å². The monoisotopic (exact) mass is 354 g/mol. The van der Waals surface area contributed by atoms with Crippen molar-refractivity contribution in [3.8, 4) is 5.75 Å². The Hall–Kier alpha value is -1.46. The molecule has 0 bridgehead atoms. The van der Waals surface area contributed by atoms with Gasteiger partial charge in [0.15, 0.2) is 0 Å². The minimum Gasteiger partial charge on any atom is -0.496 e. The maximum Gasteiger partial charge on any atom is 0.410 e. The van der Waals surface area contributed by atoms with Crippen LogP contribution >= 0.6 is 11.6 Å². The fourth-order valence-electron chi connectivity index (χ4n) is 2.67. The number of amides is 1. The molecule has 5 nitrogen and oxygen atoms in total. The molecule has 1 fully saturated rings. The van der Waals surface area contributed by atoms with E-state index in [1.54, 1.807) is 12.0 Å². The lowest BCUT2D eigenvalue weighted by atomic mass is 10.1. The zero-order valence-electron chi connectivity index (χ0n) is 15.0. The average Bonchev–Trinajstić information content (AvgIpc) is 2.53. The fourth-order valence-corrected chi connectivity index (χ4v) is 2.89. The van der Waals surface area contributed by atoms with Gasteiger partial charge in [-0.05, 0) is 32.4 Å². The zero-order valence-corrected chi connectivity index (χ0v) is 15.7. The molecule has 1 aromatic rings. The number of hydrogen-bond donors (Lipinski definition) is 0. The summed E-state index contributed by atoms with van der Waals surface area (Å²) in [5, 5.41) is 0. The Morgan fingerprint density at radius 1 is 1.21 bits per heavy atom. The molecule has 1 saturated heterocycles. The van der Waals surface area contributed by atoms with E-state index in [-0.39, 0.29) is 6.09 Å². The van der Waals surface area contributed by atoms with Crippen LogP contribution in [0, 0.1) is 0 Å². The first kappa shape index (κ1) is 18.9. The van der Waals surface area contributed by atoms with E-state index in [9.17, 15) is 4.79 Å². The number of hydrogen-bond acceptors (Lipinski definition) is 4. The zero-order chi connectivity index (χ0) is 17.7. The van der Waals surface area contributed by atoms with E-state index in [1.807, 2.05) is 32.9 Å². The molecule has 0 aliphatic carbocycles. The van der Waals surface area contributed by atoms with Crippen molar-refractivity contribution >= 4 is 17.7 Å². The predicted octanol–water partition coefficient (Wildman–Crippen LogP) is 3.49. The smallest absolute Gasteiger partial charge is 0.410 e. The first-order chi connectivity index (χ1) is 11.3. The molecular formula is C18H27ClN2O3. The molecule has 0 radical (unpaired) electrons. The van der Waals surface area contributed by atoms with Gasteiger partial charge in [-0.1, -0.05) is 12.1 Å². The van der Waals surface area contributed by atoms with Crippen molar-refractivity contribution in [3.63, 3.8) is 0 Å². The first-order valence-electron chi connectivity index (χ1n) is 8.24. The molecule has 2 rings (SSSR count). The van der Waals surface area contributed by atoms with Crippen LogP contribution in [-0.4, -0.2) is 54.8 Å².